The van der Waals surface area contributed by atoms with Crippen molar-refractivity contribution in [1.82, 2.24) is 10.6 Å². The second-order valence-electron chi connectivity index (χ2n) is 1.19. The summed E-state index contributed by atoms with van der Waals surface area (Å²) >= 11 is 1.57. The first-order chi connectivity index (χ1) is 3.81. The first kappa shape index (κ1) is 7.62. The summed E-state index contributed by atoms with van der Waals surface area (Å²) in [7, 11) is 1.59. The zero-order chi connectivity index (χ0) is 6.41. The second-order valence-corrected chi connectivity index (χ2v) is 2.05. The van der Waals surface area contributed by atoms with E-state index in [0.717, 1.165) is 0 Å². The van der Waals surface area contributed by atoms with Gasteiger partial charge in [0.05, 0.1) is 5.88 Å². The van der Waals surface area contributed by atoms with Crippen molar-refractivity contribution in [3.05, 3.63) is 0 Å². The van der Waals surface area contributed by atoms with Crippen molar-refractivity contribution in [2.45, 2.75) is 0 Å². The van der Waals surface area contributed by atoms with Crippen molar-refractivity contribution in [2.75, 3.05) is 19.2 Å². The molecule has 0 heterocycles. The Morgan fingerprint density at radius 3 is 2.75 bits per heavy atom. The van der Waals surface area contributed by atoms with Gasteiger partial charge in [-0.05, 0) is 6.26 Å². The summed E-state index contributed by atoms with van der Waals surface area (Å²) in [6.07, 6.45) is 1.93. The van der Waals surface area contributed by atoms with Gasteiger partial charge in [-0.3, -0.25) is 0 Å². The van der Waals surface area contributed by atoms with E-state index in [1.54, 1.807) is 18.8 Å². The zero-order valence-corrected chi connectivity index (χ0v) is 5.84. The molecule has 8 heavy (non-hydrogen) atoms. The lowest BCUT2D eigenvalue weighted by Crippen LogP contribution is -2.32. The molecule has 0 spiro atoms. The molecule has 0 aliphatic rings. The van der Waals surface area contributed by atoms with Crippen LogP contribution in [-0.4, -0.2) is 25.2 Å². The first-order valence-electron chi connectivity index (χ1n) is 2.25. The lowest BCUT2D eigenvalue weighted by Gasteiger charge is -1.98. The molecule has 0 radical (unpaired) electrons. The Morgan fingerprint density at radius 2 is 2.38 bits per heavy atom. The van der Waals surface area contributed by atoms with E-state index in [1.807, 2.05) is 6.26 Å². The molecule has 2 N–H and O–H groups in total. The lowest BCUT2D eigenvalue weighted by atomic mass is 11.0. The van der Waals surface area contributed by atoms with E-state index in [9.17, 15) is 4.79 Å². The Morgan fingerprint density at radius 1 is 1.75 bits per heavy atom. The van der Waals surface area contributed by atoms with Gasteiger partial charge in [0, 0.05) is 7.05 Å². The number of urea groups is 1. The first-order valence-corrected chi connectivity index (χ1v) is 3.65. The predicted molar refractivity (Wildman–Crippen MR) is 36.0 cm³/mol. The Balaban J connectivity index is 2.99. The number of hydrogen-bond donors (Lipinski definition) is 2. The fourth-order valence-corrected chi connectivity index (χ4v) is 0.502. The fourth-order valence-electron chi connectivity index (χ4n) is 0.226. The lowest BCUT2D eigenvalue weighted by molar-refractivity contribution is 0.244. The molecule has 3 nitrogen and oxygen atoms in total. The average molecular weight is 134 g/mol. The maximum absolute atomic E-state index is 10.3. The monoisotopic (exact) mass is 134 g/mol. The number of nitrogens with one attached hydrogen (secondary N) is 2. The van der Waals surface area contributed by atoms with E-state index in [-0.39, 0.29) is 6.03 Å². The standard InChI is InChI=1S/C4H10N2OS/c1-5-4(7)6-3-8-2/h3H2,1-2H3,(H2,5,6,7). The van der Waals surface area contributed by atoms with Crippen molar-refractivity contribution in [3.63, 3.8) is 0 Å². The second kappa shape index (κ2) is 4.77. The fraction of sp³-hybridized carbons (Fsp3) is 0.750. The molecule has 0 aromatic heterocycles. The Bertz CT molecular complexity index is 76.4. The van der Waals surface area contributed by atoms with Crippen LogP contribution in [0.25, 0.3) is 0 Å². The number of carbonyl (C=O) groups excluding carboxylic acids is 1. The van der Waals surface area contributed by atoms with Crippen molar-refractivity contribution in [3.8, 4) is 0 Å². The summed E-state index contributed by atoms with van der Waals surface area (Å²) in [5, 5.41) is 5.03. The molecule has 0 saturated carbocycles. The van der Waals surface area contributed by atoms with Crippen LogP contribution in [0.15, 0.2) is 0 Å². The van der Waals surface area contributed by atoms with Crippen LogP contribution in [0.5, 0.6) is 0 Å². The molecule has 0 unspecified atom stereocenters. The highest BCUT2D eigenvalue weighted by atomic mass is 32.2. The summed E-state index contributed by atoms with van der Waals surface area (Å²) in [6, 6.07) is -0.126. The molecule has 2 amide bonds. The summed E-state index contributed by atoms with van der Waals surface area (Å²) < 4.78 is 0. The third kappa shape index (κ3) is 3.80. The summed E-state index contributed by atoms with van der Waals surface area (Å²) in [5.74, 6) is 0.666. The third-order valence-electron chi connectivity index (χ3n) is 0.604. The minimum Gasteiger partial charge on any atom is -0.341 e. The Hall–Kier alpha value is -0.380. The molecule has 0 fully saturated rings. The number of carbonyl (C=O) groups is 1. The van der Waals surface area contributed by atoms with E-state index in [0.29, 0.717) is 5.88 Å². The molecule has 0 atom stereocenters. The highest BCUT2D eigenvalue weighted by Gasteiger charge is 1.89. The van der Waals surface area contributed by atoms with Crippen LogP contribution in [-0.2, 0) is 0 Å². The van der Waals surface area contributed by atoms with Gasteiger partial charge in [0.15, 0.2) is 0 Å². The van der Waals surface area contributed by atoms with Gasteiger partial charge in [0.2, 0.25) is 0 Å². The molecular formula is C4H10N2OS. The van der Waals surface area contributed by atoms with Gasteiger partial charge in [-0.1, -0.05) is 0 Å². The molecule has 48 valence electrons. The molecule has 0 saturated heterocycles. The van der Waals surface area contributed by atoms with Crippen molar-refractivity contribution in [1.29, 1.82) is 0 Å². The molecule has 0 aliphatic carbocycles. The van der Waals surface area contributed by atoms with E-state index in [1.165, 1.54) is 0 Å². The van der Waals surface area contributed by atoms with E-state index < -0.39 is 0 Å². The Labute approximate surface area is 53.2 Å². The topological polar surface area (TPSA) is 41.1 Å². The number of rotatable bonds is 2. The molecule has 0 aromatic rings. The van der Waals surface area contributed by atoms with E-state index >= 15 is 0 Å². The molecular weight excluding hydrogens is 124 g/mol. The van der Waals surface area contributed by atoms with Gasteiger partial charge >= 0.3 is 6.03 Å². The maximum Gasteiger partial charge on any atom is 0.315 e. The van der Waals surface area contributed by atoms with Gasteiger partial charge in [0.25, 0.3) is 0 Å². The largest absolute Gasteiger partial charge is 0.341 e. The van der Waals surface area contributed by atoms with Crippen LogP contribution >= 0.6 is 11.8 Å². The quantitative estimate of drug-likeness (QED) is 0.531. The van der Waals surface area contributed by atoms with Crippen LogP contribution in [0.1, 0.15) is 0 Å². The third-order valence-corrected chi connectivity index (χ3v) is 1.04. The SMILES string of the molecule is CNC(=O)NCSC. The number of hydrogen-bond acceptors (Lipinski definition) is 2. The van der Waals surface area contributed by atoms with Crippen LogP contribution in [0.4, 0.5) is 4.79 Å². The van der Waals surface area contributed by atoms with Crippen molar-refractivity contribution >= 4 is 17.8 Å². The Kier molecular flexibility index (Phi) is 4.54. The van der Waals surface area contributed by atoms with Crippen LogP contribution in [0, 0.1) is 0 Å². The normalized spacial score (nSPS) is 8.25. The molecule has 0 bridgehead atoms. The molecule has 4 heteroatoms. The van der Waals surface area contributed by atoms with Crippen LogP contribution in [0.2, 0.25) is 0 Å². The molecule has 0 aromatic carbocycles. The highest BCUT2D eigenvalue weighted by molar-refractivity contribution is 7.98. The van der Waals surface area contributed by atoms with Crippen LogP contribution < -0.4 is 10.6 Å². The van der Waals surface area contributed by atoms with Gasteiger partial charge in [0.1, 0.15) is 0 Å². The minimum atomic E-state index is -0.126. The summed E-state index contributed by atoms with van der Waals surface area (Å²) in [4.78, 5) is 10.3. The van der Waals surface area contributed by atoms with Gasteiger partial charge in [-0.2, -0.15) is 0 Å². The van der Waals surface area contributed by atoms with E-state index in [4.69, 9.17) is 0 Å². The van der Waals surface area contributed by atoms with Crippen molar-refractivity contribution < 1.29 is 4.79 Å². The van der Waals surface area contributed by atoms with E-state index in [2.05, 4.69) is 10.6 Å². The average Bonchev–Trinajstić information content (AvgIpc) is 1.83. The number of thioether (sulfide) groups is 1. The van der Waals surface area contributed by atoms with Crippen LogP contribution in [0.3, 0.4) is 0 Å². The molecule has 0 rings (SSSR count). The van der Waals surface area contributed by atoms with Gasteiger partial charge in [-0.25, -0.2) is 4.79 Å². The smallest absolute Gasteiger partial charge is 0.315 e. The molecule has 0 aliphatic heterocycles. The number of amides is 2. The summed E-state index contributed by atoms with van der Waals surface area (Å²) in [5.41, 5.74) is 0. The maximum atomic E-state index is 10.3. The highest BCUT2D eigenvalue weighted by Crippen LogP contribution is 1.83. The predicted octanol–water partition coefficient (Wildman–Crippen LogP) is 0.236. The van der Waals surface area contributed by atoms with Crippen molar-refractivity contribution in [2.24, 2.45) is 0 Å². The zero-order valence-electron chi connectivity index (χ0n) is 5.02. The minimum absolute atomic E-state index is 0.126. The van der Waals surface area contributed by atoms with Gasteiger partial charge in [-0.15, -0.1) is 11.8 Å². The summed E-state index contributed by atoms with van der Waals surface area (Å²) in [6.45, 7) is 0. The van der Waals surface area contributed by atoms with Gasteiger partial charge < -0.3 is 10.6 Å².